The molecule has 0 aliphatic heterocycles. The second-order valence-electron chi connectivity index (χ2n) is 5.28. The van der Waals surface area contributed by atoms with Gasteiger partial charge >= 0.3 is 5.97 Å². The Labute approximate surface area is 139 Å². The summed E-state index contributed by atoms with van der Waals surface area (Å²) in [6.45, 7) is 3.03. The van der Waals surface area contributed by atoms with Crippen LogP contribution < -0.4 is 0 Å². The first-order chi connectivity index (χ1) is 11.1. The number of carbonyl (C=O) groups excluding carboxylic acids is 1. The average Bonchev–Trinajstić information content (AvgIpc) is 3.06. The van der Waals surface area contributed by atoms with Crippen molar-refractivity contribution in [2.24, 2.45) is 0 Å². The Bertz CT molecular complexity index is 629. The van der Waals surface area contributed by atoms with E-state index in [2.05, 4.69) is 4.98 Å². The number of carboxylic acids is 1. The zero-order chi connectivity index (χ0) is 16.7. The lowest BCUT2D eigenvalue weighted by Gasteiger charge is -2.23. The number of rotatable bonds is 8. The first kappa shape index (κ1) is 17.1. The number of thiophene rings is 1. The molecule has 122 valence electrons. The summed E-state index contributed by atoms with van der Waals surface area (Å²) in [6.07, 6.45) is 3.59. The molecule has 0 spiro atoms. The second kappa shape index (κ2) is 8.43. The minimum atomic E-state index is -0.881. The molecule has 0 bridgehead atoms. The highest BCUT2D eigenvalue weighted by Crippen LogP contribution is 2.28. The number of amides is 1. The summed E-state index contributed by atoms with van der Waals surface area (Å²) >= 11 is 1.50. The van der Waals surface area contributed by atoms with Crippen molar-refractivity contribution in [2.45, 2.75) is 32.2 Å². The van der Waals surface area contributed by atoms with E-state index in [1.54, 1.807) is 17.3 Å². The summed E-state index contributed by atoms with van der Waals surface area (Å²) in [5, 5.41) is 11.0. The molecule has 1 amide bonds. The Balaban J connectivity index is 2.05. The predicted molar refractivity (Wildman–Crippen MR) is 89.3 cm³/mol. The van der Waals surface area contributed by atoms with Gasteiger partial charge in [-0.25, -0.2) is 0 Å². The molecule has 2 aromatic heterocycles. The molecule has 2 aromatic rings. The second-order valence-corrected chi connectivity index (χ2v) is 6.26. The Morgan fingerprint density at radius 1 is 1.26 bits per heavy atom. The molecule has 6 heteroatoms. The van der Waals surface area contributed by atoms with Crippen LogP contribution in [0.5, 0.6) is 0 Å². The van der Waals surface area contributed by atoms with Gasteiger partial charge in [-0.05, 0) is 36.1 Å². The van der Waals surface area contributed by atoms with Gasteiger partial charge in [0.15, 0.2) is 0 Å². The molecule has 2 rings (SSSR count). The van der Waals surface area contributed by atoms with Gasteiger partial charge in [-0.15, -0.1) is 11.3 Å². The Morgan fingerprint density at radius 3 is 2.57 bits per heavy atom. The van der Waals surface area contributed by atoms with Gasteiger partial charge in [0, 0.05) is 42.7 Å². The fourth-order valence-corrected chi connectivity index (χ4v) is 3.26. The van der Waals surface area contributed by atoms with E-state index in [9.17, 15) is 9.59 Å². The standard InChI is InChI=1S/C17H20N2O3S/c1-2-19(12-13-5-7-18-8-6-13)16(20)10-14(11-17(21)22)15-4-3-9-23-15/h3-9,14H,2,10-12H2,1H3,(H,21,22). The highest BCUT2D eigenvalue weighted by atomic mass is 32.1. The number of hydrogen-bond donors (Lipinski definition) is 1. The van der Waals surface area contributed by atoms with Gasteiger partial charge in [0.2, 0.25) is 5.91 Å². The van der Waals surface area contributed by atoms with Gasteiger partial charge in [-0.1, -0.05) is 6.07 Å². The predicted octanol–water partition coefficient (Wildman–Crippen LogP) is 3.14. The van der Waals surface area contributed by atoms with Gasteiger partial charge in [0.05, 0.1) is 6.42 Å². The van der Waals surface area contributed by atoms with E-state index < -0.39 is 5.97 Å². The molecular weight excluding hydrogens is 312 g/mol. The third-order valence-corrected chi connectivity index (χ3v) is 4.68. The lowest BCUT2D eigenvalue weighted by atomic mass is 9.98. The van der Waals surface area contributed by atoms with Crippen LogP contribution in [-0.4, -0.2) is 33.4 Å². The third-order valence-electron chi connectivity index (χ3n) is 3.64. The lowest BCUT2D eigenvalue weighted by Crippen LogP contribution is -2.31. The average molecular weight is 332 g/mol. The van der Waals surface area contributed by atoms with Crippen molar-refractivity contribution in [3.63, 3.8) is 0 Å². The van der Waals surface area contributed by atoms with E-state index in [1.807, 2.05) is 36.6 Å². The summed E-state index contributed by atoms with van der Waals surface area (Å²) in [5.74, 6) is -1.18. The minimum absolute atomic E-state index is 0.0241. The van der Waals surface area contributed by atoms with Gasteiger partial charge in [0.25, 0.3) is 0 Å². The van der Waals surface area contributed by atoms with Crippen LogP contribution in [-0.2, 0) is 16.1 Å². The third kappa shape index (κ3) is 5.17. The van der Waals surface area contributed by atoms with Crippen LogP contribution in [0.15, 0.2) is 42.0 Å². The summed E-state index contributed by atoms with van der Waals surface area (Å²) in [5.41, 5.74) is 1.01. The molecular formula is C17H20N2O3S. The molecule has 1 N–H and O–H groups in total. The summed E-state index contributed by atoms with van der Waals surface area (Å²) in [4.78, 5) is 30.3. The van der Waals surface area contributed by atoms with Gasteiger partial charge in [-0.2, -0.15) is 0 Å². The highest BCUT2D eigenvalue weighted by molar-refractivity contribution is 7.10. The minimum Gasteiger partial charge on any atom is -0.481 e. The molecule has 0 aromatic carbocycles. The van der Waals surface area contributed by atoms with Crippen LogP contribution in [0.4, 0.5) is 0 Å². The van der Waals surface area contributed by atoms with Crippen molar-refractivity contribution in [3.05, 3.63) is 52.5 Å². The number of carboxylic acid groups (broad SMARTS) is 1. The topological polar surface area (TPSA) is 70.5 Å². The molecule has 5 nitrogen and oxygen atoms in total. The number of nitrogens with zero attached hydrogens (tertiary/aromatic N) is 2. The first-order valence-corrected chi connectivity index (χ1v) is 8.40. The Hall–Kier alpha value is -2.21. The van der Waals surface area contributed by atoms with Crippen LogP contribution in [0.25, 0.3) is 0 Å². The van der Waals surface area contributed by atoms with Crippen molar-refractivity contribution in [2.75, 3.05) is 6.54 Å². The fourth-order valence-electron chi connectivity index (χ4n) is 2.43. The van der Waals surface area contributed by atoms with Crippen molar-refractivity contribution in [1.82, 2.24) is 9.88 Å². The Morgan fingerprint density at radius 2 is 2.00 bits per heavy atom. The lowest BCUT2D eigenvalue weighted by molar-refractivity contribution is -0.138. The SMILES string of the molecule is CCN(Cc1ccncc1)C(=O)CC(CC(=O)O)c1cccs1. The summed E-state index contributed by atoms with van der Waals surface area (Å²) in [6, 6.07) is 7.53. The number of hydrogen-bond acceptors (Lipinski definition) is 4. The maximum atomic E-state index is 12.6. The molecule has 2 heterocycles. The van der Waals surface area contributed by atoms with Crippen molar-refractivity contribution in [3.8, 4) is 0 Å². The monoisotopic (exact) mass is 332 g/mol. The smallest absolute Gasteiger partial charge is 0.304 e. The molecule has 0 saturated carbocycles. The molecule has 0 radical (unpaired) electrons. The zero-order valence-electron chi connectivity index (χ0n) is 13.0. The van der Waals surface area contributed by atoms with E-state index in [0.717, 1.165) is 10.4 Å². The fraction of sp³-hybridized carbons (Fsp3) is 0.353. The van der Waals surface area contributed by atoms with Crippen LogP contribution in [0, 0.1) is 0 Å². The maximum absolute atomic E-state index is 12.6. The van der Waals surface area contributed by atoms with E-state index >= 15 is 0 Å². The van der Waals surface area contributed by atoms with Crippen molar-refractivity contribution < 1.29 is 14.7 Å². The number of aromatic nitrogens is 1. The van der Waals surface area contributed by atoms with E-state index in [-0.39, 0.29) is 24.7 Å². The maximum Gasteiger partial charge on any atom is 0.304 e. The van der Waals surface area contributed by atoms with Gasteiger partial charge in [-0.3, -0.25) is 14.6 Å². The summed E-state index contributed by atoms with van der Waals surface area (Å²) < 4.78 is 0. The Kier molecular flexibility index (Phi) is 6.29. The van der Waals surface area contributed by atoms with Gasteiger partial charge < -0.3 is 10.0 Å². The summed E-state index contributed by atoms with van der Waals surface area (Å²) in [7, 11) is 0. The largest absolute Gasteiger partial charge is 0.481 e. The molecule has 0 saturated heterocycles. The number of pyridine rings is 1. The van der Waals surface area contributed by atoms with Crippen LogP contribution in [0.2, 0.25) is 0 Å². The van der Waals surface area contributed by atoms with Crippen LogP contribution in [0.3, 0.4) is 0 Å². The first-order valence-electron chi connectivity index (χ1n) is 7.52. The zero-order valence-corrected chi connectivity index (χ0v) is 13.8. The molecule has 23 heavy (non-hydrogen) atoms. The van der Waals surface area contributed by atoms with Crippen molar-refractivity contribution >= 4 is 23.2 Å². The van der Waals surface area contributed by atoms with E-state index in [1.165, 1.54) is 11.3 Å². The van der Waals surface area contributed by atoms with E-state index in [0.29, 0.717) is 13.1 Å². The van der Waals surface area contributed by atoms with Crippen molar-refractivity contribution in [1.29, 1.82) is 0 Å². The normalized spacial score (nSPS) is 11.9. The molecule has 0 fully saturated rings. The number of aliphatic carboxylic acids is 1. The number of carbonyl (C=O) groups is 2. The van der Waals surface area contributed by atoms with Crippen LogP contribution in [0.1, 0.15) is 36.1 Å². The molecule has 1 atom stereocenters. The quantitative estimate of drug-likeness (QED) is 0.806. The highest BCUT2D eigenvalue weighted by Gasteiger charge is 2.23. The van der Waals surface area contributed by atoms with E-state index in [4.69, 9.17) is 5.11 Å². The van der Waals surface area contributed by atoms with Gasteiger partial charge in [0.1, 0.15) is 0 Å². The molecule has 0 aliphatic rings. The molecule has 0 aliphatic carbocycles. The molecule has 1 unspecified atom stereocenters. The van der Waals surface area contributed by atoms with Crippen LogP contribution >= 0.6 is 11.3 Å².